The minimum atomic E-state index is 1.10. The van der Waals surface area contributed by atoms with Crippen LogP contribution in [0.2, 0.25) is 0 Å². The van der Waals surface area contributed by atoms with Crippen molar-refractivity contribution in [2.45, 2.75) is 47.0 Å². The van der Waals surface area contributed by atoms with Crippen LogP contribution in [0.5, 0.6) is 0 Å². The second kappa shape index (κ2) is 9.97. The second-order valence-electron chi connectivity index (χ2n) is 3.94. The molecular formula is C14H27N. The third-order valence-corrected chi connectivity index (χ3v) is 2.81. The summed E-state index contributed by atoms with van der Waals surface area (Å²) in [6.07, 6.45) is 10.5. The zero-order valence-corrected chi connectivity index (χ0v) is 10.9. The van der Waals surface area contributed by atoms with Gasteiger partial charge in [-0.2, -0.15) is 0 Å². The Balaban J connectivity index is 3.54. The molecule has 0 N–H and O–H groups in total. The molecular weight excluding hydrogens is 182 g/mol. The van der Waals surface area contributed by atoms with Gasteiger partial charge in [0, 0.05) is 6.54 Å². The van der Waals surface area contributed by atoms with Crippen molar-refractivity contribution in [3.05, 3.63) is 23.8 Å². The Morgan fingerprint density at radius 1 is 1.00 bits per heavy atom. The molecule has 0 bridgehead atoms. The van der Waals surface area contributed by atoms with Crippen molar-refractivity contribution in [2.24, 2.45) is 0 Å². The summed E-state index contributed by atoms with van der Waals surface area (Å²) in [7, 11) is 0. The fraction of sp³-hybridized carbons (Fsp3) is 0.714. The smallest absolute Gasteiger partial charge is 0.0162 e. The summed E-state index contributed by atoms with van der Waals surface area (Å²) in [4.78, 5) is 2.42. The van der Waals surface area contributed by atoms with Gasteiger partial charge >= 0.3 is 0 Å². The van der Waals surface area contributed by atoms with Gasteiger partial charge in [-0.3, -0.25) is 0 Å². The minimum absolute atomic E-state index is 1.10. The molecule has 0 saturated heterocycles. The molecule has 0 atom stereocenters. The molecule has 0 aromatic carbocycles. The molecule has 15 heavy (non-hydrogen) atoms. The molecule has 1 nitrogen and oxygen atoms in total. The van der Waals surface area contributed by atoms with Crippen LogP contribution in [0.25, 0.3) is 0 Å². The number of rotatable bonds is 8. The first-order valence-corrected chi connectivity index (χ1v) is 6.27. The third-order valence-electron chi connectivity index (χ3n) is 2.81. The standard InChI is InChI=1S/C14H27N/c1-5-14(4)12-10-8-9-11-13-15(6-2)7-3/h9,11-12H,5-8,10,13H2,1-4H3/b11-9+,14-12+. The Morgan fingerprint density at radius 2 is 1.67 bits per heavy atom. The zero-order valence-electron chi connectivity index (χ0n) is 10.9. The number of hydrogen-bond donors (Lipinski definition) is 0. The van der Waals surface area contributed by atoms with E-state index in [1.165, 1.54) is 24.8 Å². The lowest BCUT2D eigenvalue weighted by Gasteiger charge is -2.14. The van der Waals surface area contributed by atoms with E-state index >= 15 is 0 Å². The largest absolute Gasteiger partial charge is 0.300 e. The quantitative estimate of drug-likeness (QED) is 0.431. The predicted molar refractivity (Wildman–Crippen MR) is 70.2 cm³/mol. The maximum atomic E-state index is 2.42. The van der Waals surface area contributed by atoms with Gasteiger partial charge in [0.05, 0.1) is 0 Å². The number of allylic oxidation sites excluding steroid dienone is 3. The van der Waals surface area contributed by atoms with Crippen molar-refractivity contribution in [3.63, 3.8) is 0 Å². The van der Waals surface area contributed by atoms with Crippen LogP contribution in [0.15, 0.2) is 23.8 Å². The summed E-state index contributed by atoms with van der Waals surface area (Å²) in [5.41, 5.74) is 1.51. The lowest BCUT2D eigenvalue weighted by molar-refractivity contribution is 0.337. The minimum Gasteiger partial charge on any atom is -0.300 e. The Morgan fingerprint density at radius 3 is 2.20 bits per heavy atom. The van der Waals surface area contributed by atoms with E-state index in [2.05, 4.69) is 50.8 Å². The number of unbranched alkanes of at least 4 members (excludes halogenated alkanes) is 1. The average molecular weight is 209 g/mol. The highest BCUT2D eigenvalue weighted by atomic mass is 15.1. The normalized spacial score (nSPS) is 13.0. The van der Waals surface area contributed by atoms with E-state index in [0.29, 0.717) is 0 Å². The highest BCUT2D eigenvalue weighted by molar-refractivity contribution is 4.98. The zero-order chi connectivity index (χ0) is 11.5. The second-order valence-corrected chi connectivity index (χ2v) is 3.94. The first kappa shape index (κ1) is 14.4. The first-order chi connectivity index (χ1) is 7.24. The van der Waals surface area contributed by atoms with Crippen molar-refractivity contribution in [3.8, 4) is 0 Å². The summed E-state index contributed by atoms with van der Waals surface area (Å²) in [5.74, 6) is 0. The molecule has 0 heterocycles. The molecule has 0 fully saturated rings. The van der Waals surface area contributed by atoms with E-state index < -0.39 is 0 Å². The topological polar surface area (TPSA) is 3.24 Å². The van der Waals surface area contributed by atoms with Crippen molar-refractivity contribution in [1.29, 1.82) is 0 Å². The Kier molecular flexibility index (Phi) is 9.60. The van der Waals surface area contributed by atoms with Crippen molar-refractivity contribution >= 4 is 0 Å². The van der Waals surface area contributed by atoms with Gasteiger partial charge < -0.3 is 4.90 Å². The van der Waals surface area contributed by atoms with Crippen LogP contribution in [0.3, 0.4) is 0 Å². The molecule has 0 aliphatic rings. The van der Waals surface area contributed by atoms with Crippen molar-refractivity contribution in [1.82, 2.24) is 4.90 Å². The Bertz CT molecular complexity index is 188. The molecule has 0 amide bonds. The lowest BCUT2D eigenvalue weighted by atomic mass is 10.1. The molecule has 0 saturated carbocycles. The molecule has 0 spiro atoms. The van der Waals surface area contributed by atoms with E-state index in [-0.39, 0.29) is 0 Å². The summed E-state index contributed by atoms with van der Waals surface area (Å²) in [6.45, 7) is 12.2. The van der Waals surface area contributed by atoms with E-state index in [0.717, 1.165) is 19.6 Å². The molecule has 0 aliphatic heterocycles. The number of nitrogens with zero attached hydrogens (tertiary/aromatic N) is 1. The number of likely N-dealkylation sites (N-methyl/N-ethyl adjacent to an activating group) is 1. The van der Waals surface area contributed by atoms with Crippen LogP contribution >= 0.6 is 0 Å². The van der Waals surface area contributed by atoms with Crippen LogP contribution in [-0.2, 0) is 0 Å². The first-order valence-electron chi connectivity index (χ1n) is 6.27. The molecule has 0 unspecified atom stereocenters. The molecule has 0 aliphatic carbocycles. The Hall–Kier alpha value is -0.560. The maximum absolute atomic E-state index is 2.42. The Labute approximate surface area is 95.9 Å². The van der Waals surface area contributed by atoms with E-state index in [4.69, 9.17) is 0 Å². The highest BCUT2D eigenvalue weighted by Gasteiger charge is 1.92. The van der Waals surface area contributed by atoms with Crippen molar-refractivity contribution in [2.75, 3.05) is 19.6 Å². The third kappa shape index (κ3) is 8.44. The molecule has 0 rings (SSSR count). The highest BCUT2D eigenvalue weighted by Crippen LogP contribution is 2.02. The van der Waals surface area contributed by atoms with Crippen LogP contribution in [0.4, 0.5) is 0 Å². The van der Waals surface area contributed by atoms with Gasteiger partial charge in [-0.25, -0.2) is 0 Å². The van der Waals surface area contributed by atoms with E-state index in [1.807, 2.05) is 0 Å². The summed E-state index contributed by atoms with van der Waals surface area (Å²) >= 11 is 0. The number of hydrogen-bond acceptors (Lipinski definition) is 1. The van der Waals surface area contributed by atoms with Gasteiger partial charge in [-0.05, 0) is 39.3 Å². The van der Waals surface area contributed by atoms with Gasteiger partial charge in [-0.1, -0.05) is 44.6 Å². The van der Waals surface area contributed by atoms with Crippen LogP contribution in [0.1, 0.15) is 47.0 Å². The fourth-order valence-corrected chi connectivity index (χ4v) is 1.39. The van der Waals surface area contributed by atoms with Gasteiger partial charge in [0.1, 0.15) is 0 Å². The van der Waals surface area contributed by atoms with Crippen molar-refractivity contribution < 1.29 is 0 Å². The van der Waals surface area contributed by atoms with E-state index in [9.17, 15) is 0 Å². The molecule has 88 valence electrons. The summed E-state index contributed by atoms with van der Waals surface area (Å²) < 4.78 is 0. The maximum Gasteiger partial charge on any atom is 0.0162 e. The van der Waals surface area contributed by atoms with Crippen LogP contribution in [-0.4, -0.2) is 24.5 Å². The summed E-state index contributed by atoms with van der Waals surface area (Å²) in [6, 6.07) is 0. The molecule has 1 heteroatoms. The van der Waals surface area contributed by atoms with Gasteiger partial charge in [0.15, 0.2) is 0 Å². The summed E-state index contributed by atoms with van der Waals surface area (Å²) in [5, 5.41) is 0. The van der Waals surface area contributed by atoms with E-state index in [1.54, 1.807) is 0 Å². The van der Waals surface area contributed by atoms with Crippen LogP contribution < -0.4 is 0 Å². The SMILES string of the molecule is CC/C(C)=C/CC/C=C/CN(CC)CC. The molecule has 0 aromatic heterocycles. The monoisotopic (exact) mass is 209 g/mol. The van der Waals surface area contributed by atoms with Crippen LogP contribution in [0, 0.1) is 0 Å². The average Bonchev–Trinajstić information content (AvgIpc) is 2.28. The van der Waals surface area contributed by atoms with Gasteiger partial charge in [0.25, 0.3) is 0 Å². The van der Waals surface area contributed by atoms with Gasteiger partial charge in [0.2, 0.25) is 0 Å². The lowest BCUT2D eigenvalue weighted by Crippen LogP contribution is -2.22. The molecule has 0 aromatic rings. The predicted octanol–water partition coefficient (Wildman–Crippen LogP) is 4.02. The fourth-order valence-electron chi connectivity index (χ4n) is 1.39. The molecule has 0 radical (unpaired) electrons. The van der Waals surface area contributed by atoms with Gasteiger partial charge in [-0.15, -0.1) is 0 Å².